The lowest BCUT2D eigenvalue weighted by molar-refractivity contribution is 0.635. The number of benzene rings is 1. The highest BCUT2D eigenvalue weighted by molar-refractivity contribution is 9.10. The molecule has 84 valence electrons. The van der Waals surface area contributed by atoms with Gasteiger partial charge in [-0.15, -0.1) is 0 Å². The molecule has 16 heavy (non-hydrogen) atoms. The number of hydrogen-bond donors (Lipinski definition) is 0. The Hall–Kier alpha value is -0.670. The molecule has 2 aromatic rings. The molecule has 0 atom stereocenters. The van der Waals surface area contributed by atoms with Crippen LogP contribution < -0.4 is 0 Å². The third-order valence-corrected chi connectivity index (χ3v) is 3.11. The number of nitrogens with zero attached hydrogens (tertiary/aromatic N) is 1. The highest BCUT2D eigenvalue weighted by Gasteiger charge is 2.09. The maximum absolute atomic E-state index is 13.7. The third-order valence-electron chi connectivity index (χ3n) is 2.34. The minimum atomic E-state index is -0.343. The molecule has 0 fully saturated rings. The Morgan fingerprint density at radius 1 is 1.38 bits per heavy atom. The molecule has 0 bridgehead atoms. The van der Waals surface area contributed by atoms with Gasteiger partial charge in [-0.2, -0.15) is 0 Å². The van der Waals surface area contributed by atoms with Crippen molar-refractivity contribution in [3.63, 3.8) is 0 Å². The average Bonchev–Trinajstić information content (AvgIpc) is 2.20. The summed E-state index contributed by atoms with van der Waals surface area (Å²) >= 11 is 9.35. The molecule has 0 unspecified atom stereocenters. The highest BCUT2D eigenvalue weighted by atomic mass is 79.9. The first-order valence-electron chi connectivity index (χ1n) is 5.06. The van der Waals surface area contributed by atoms with Crippen LogP contribution in [0.4, 0.5) is 4.39 Å². The van der Waals surface area contributed by atoms with Gasteiger partial charge in [0.25, 0.3) is 0 Å². The van der Waals surface area contributed by atoms with E-state index < -0.39 is 0 Å². The Balaban J connectivity index is 2.71. The summed E-state index contributed by atoms with van der Waals surface area (Å²) in [6.45, 7) is 2.05. The zero-order valence-corrected chi connectivity index (χ0v) is 11.1. The smallest absolute Gasteiger partial charge is 0.150 e. The van der Waals surface area contributed by atoms with Gasteiger partial charge in [-0.25, -0.2) is 9.37 Å². The number of pyridine rings is 1. The van der Waals surface area contributed by atoms with E-state index in [4.69, 9.17) is 11.6 Å². The van der Waals surface area contributed by atoms with Crippen LogP contribution in [0.3, 0.4) is 0 Å². The minimum absolute atomic E-state index is 0.343. The number of aromatic nitrogens is 1. The number of hydrogen-bond acceptors (Lipinski definition) is 1. The van der Waals surface area contributed by atoms with Crippen LogP contribution in [0, 0.1) is 5.82 Å². The van der Waals surface area contributed by atoms with Crippen molar-refractivity contribution < 1.29 is 4.39 Å². The normalized spacial score (nSPS) is 11.0. The summed E-state index contributed by atoms with van der Waals surface area (Å²) < 4.78 is 14.4. The molecule has 0 amide bonds. The van der Waals surface area contributed by atoms with Gasteiger partial charge in [0.15, 0.2) is 5.82 Å². The molecule has 2 rings (SSSR count). The Morgan fingerprint density at radius 2 is 2.12 bits per heavy atom. The lowest BCUT2D eigenvalue weighted by atomic mass is 10.1. The van der Waals surface area contributed by atoms with Crippen LogP contribution in [0.1, 0.15) is 19.0 Å². The molecule has 1 aromatic heterocycles. The van der Waals surface area contributed by atoms with Crippen LogP contribution in [-0.4, -0.2) is 4.98 Å². The van der Waals surface area contributed by atoms with Gasteiger partial charge in [0.2, 0.25) is 0 Å². The maximum Gasteiger partial charge on any atom is 0.150 e. The van der Waals surface area contributed by atoms with Gasteiger partial charge in [-0.1, -0.05) is 40.9 Å². The van der Waals surface area contributed by atoms with Crippen LogP contribution in [0.2, 0.25) is 5.02 Å². The highest BCUT2D eigenvalue weighted by Crippen LogP contribution is 2.28. The van der Waals surface area contributed by atoms with E-state index in [1.807, 2.05) is 0 Å². The second-order valence-corrected chi connectivity index (χ2v) is 4.95. The molecule has 0 radical (unpaired) electrons. The summed E-state index contributed by atoms with van der Waals surface area (Å²) in [7, 11) is 0. The van der Waals surface area contributed by atoms with Gasteiger partial charge >= 0.3 is 0 Å². The van der Waals surface area contributed by atoms with Gasteiger partial charge in [0.05, 0.1) is 5.02 Å². The number of aryl methyl sites for hydroxylation is 1. The first kappa shape index (κ1) is 11.8. The van der Waals surface area contributed by atoms with Crippen molar-refractivity contribution in [2.24, 2.45) is 0 Å². The molecule has 0 aliphatic rings. The van der Waals surface area contributed by atoms with Crippen molar-refractivity contribution in [1.29, 1.82) is 0 Å². The maximum atomic E-state index is 13.7. The van der Waals surface area contributed by atoms with Crippen LogP contribution in [-0.2, 0) is 6.42 Å². The zero-order valence-electron chi connectivity index (χ0n) is 8.73. The van der Waals surface area contributed by atoms with E-state index in [1.165, 1.54) is 6.07 Å². The van der Waals surface area contributed by atoms with Crippen LogP contribution in [0.5, 0.6) is 0 Å². The molecule has 0 saturated carbocycles. The molecular formula is C12H10BrClFN. The van der Waals surface area contributed by atoms with E-state index in [0.29, 0.717) is 20.4 Å². The fourth-order valence-corrected chi connectivity index (χ4v) is 2.35. The molecule has 0 aliphatic carbocycles. The molecule has 0 saturated heterocycles. The average molecular weight is 303 g/mol. The standard InChI is InChI=1S/C12H10BrClFN/c1-2-3-8-6-10(14)9-4-7(13)5-11(15)12(9)16-8/h4-6H,2-3H2,1H3. The van der Waals surface area contributed by atoms with Crippen molar-refractivity contribution in [3.05, 3.63) is 39.2 Å². The number of halogens is 3. The Labute approximate surface area is 107 Å². The lowest BCUT2D eigenvalue weighted by Crippen LogP contribution is -1.93. The van der Waals surface area contributed by atoms with Crippen LogP contribution in [0.25, 0.3) is 10.9 Å². The third kappa shape index (κ3) is 2.20. The second-order valence-electron chi connectivity index (χ2n) is 3.63. The van der Waals surface area contributed by atoms with E-state index in [1.54, 1.807) is 12.1 Å². The largest absolute Gasteiger partial charge is 0.250 e. The minimum Gasteiger partial charge on any atom is -0.250 e. The quantitative estimate of drug-likeness (QED) is 0.780. The van der Waals surface area contributed by atoms with Crippen molar-refractivity contribution in [2.75, 3.05) is 0 Å². The van der Waals surface area contributed by atoms with Gasteiger partial charge in [0.1, 0.15) is 5.52 Å². The van der Waals surface area contributed by atoms with E-state index in [-0.39, 0.29) is 5.82 Å². The molecule has 4 heteroatoms. The summed E-state index contributed by atoms with van der Waals surface area (Å²) in [4.78, 5) is 4.29. The Kier molecular flexibility index (Phi) is 3.45. The van der Waals surface area contributed by atoms with E-state index in [9.17, 15) is 4.39 Å². The van der Waals surface area contributed by atoms with Gasteiger partial charge < -0.3 is 0 Å². The fraction of sp³-hybridized carbons (Fsp3) is 0.250. The summed E-state index contributed by atoms with van der Waals surface area (Å²) in [5.74, 6) is -0.343. The molecule has 1 nitrogen and oxygen atoms in total. The van der Waals surface area contributed by atoms with Crippen LogP contribution in [0.15, 0.2) is 22.7 Å². The second kappa shape index (κ2) is 4.68. The van der Waals surface area contributed by atoms with Crippen molar-refractivity contribution in [2.45, 2.75) is 19.8 Å². The summed E-state index contributed by atoms with van der Waals surface area (Å²) in [6.07, 6.45) is 1.78. The molecular weight excluding hydrogens is 292 g/mol. The van der Waals surface area contributed by atoms with Crippen LogP contribution >= 0.6 is 27.5 Å². The Morgan fingerprint density at radius 3 is 2.81 bits per heavy atom. The number of rotatable bonds is 2. The predicted molar refractivity (Wildman–Crippen MR) is 68.4 cm³/mol. The first-order valence-corrected chi connectivity index (χ1v) is 6.23. The van der Waals surface area contributed by atoms with Gasteiger partial charge in [0, 0.05) is 15.6 Å². The first-order chi connectivity index (χ1) is 7.61. The Bertz CT molecular complexity index is 542. The topological polar surface area (TPSA) is 12.9 Å². The monoisotopic (exact) mass is 301 g/mol. The van der Waals surface area contributed by atoms with E-state index in [0.717, 1.165) is 18.5 Å². The van der Waals surface area contributed by atoms with E-state index >= 15 is 0 Å². The molecule has 1 aromatic carbocycles. The van der Waals surface area contributed by atoms with Crippen molar-refractivity contribution in [1.82, 2.24) is 4.98 Å². The van der Waals surface area contributed by atoms with Crippen molar-refractivity contribution in [3.8, 4) is 0 Å². The summed E-state index contributed by atoms with van der Waals surface area (Å²) in [5, 5.41) is 1.20. The predicted octanol–water partition coefficient (Wildman–Crippen LogP) is 4.74. The van der Waals surface area contributed by atoms with Gasteiger partial charge in [-0.3, -0.25) is 0 Å². The van der Waals surface area contributed by atoms with Crippen molar-refractivity contribution >= 4 is 38.4 Å². The molecule has 0 N–H and O–H groups in total. The zero-order chi connectivity index (χ0) is 11.7. The summed E-state index contributed by atoms with van der Waals surface area (Å²) in [6, 6.07) is 4.99. The van der Waals surface area contributed by atoms with Gasteiger partial charge in [-0.05, 0) is 24.6 Å². The fourth-order valence-electron chi connectivity index (χ4n) is 1.65. The molecule has 1 heterocycles. The van der Waals surface area contributed by atoms with E-state index in [2.05, 4.69) is 27.8 Å². The lowest BCUT2D eigenvalue weighted by Gasteiger charge is -2.06. The number of fused-ring (bicyclic) bond motifs is 1. The molecule has 0 aliphatic heterocycles. The molecule has 0 spiro atoms. The SMILES string of the molecule is CCCc1cc(Cl)c2cc(Br)cc(F)c2n1. The summed E-state index contributed by atoms with van der Waals surface area (Å²) in [5.41, 5.74) is 1.18.